The molecule has 0 aliphatic carbocycles. The Morgan fingerprint density at radius 2 is 1.12 bits per heavy atom. The Kier molecular flexibility index (Phi) is 10.4. The van der Waals surface area contributed by atoms with Gasteiger partial charge in [0.2, 0.25) is 0 Å². The molecule has 0 radical (unpaired) electrons. The monoisotopic (exact) mass is 478 g/mol. The summed E-state index contributed by atoms with van der Waals surface area (Å²) in [5, 5.41) is 19.6. The molecule has 186 valence electrons. The van der Waals surface area contributed by atoms with Gasteiger partial charge in [0.25, 0.3) is 0 Å². The van der Waals surface area contributed by atoms with Gasteiger partial charge in [0.05, 0.1) is 40.6 Å². The van der Waals surface area contributed by atoms with Crippen molar-refractivity contribution in [3.05, 3.63) is 47.5 Å². The fraction of sp³-hybridized carbons (Fsp3) is 0.417. The average Bonchev–Trinajstić information content (AvgIpc) is 2.83. The van der Waals surface area contributed by atoms with Crippen LogP contribution >= 0.6 is 0 Å². The predicted molar refractivity (Wildman–Crippen MR) is 120 cm³/mol. The van der Waals surface area contributed by atoms with E-state index >= 15 is 0 Å². The van der Waals surface area contributed by atoms with Crippen molar-refractivity contribution in [1.29, 1.82) is 0 Å². The van der Waals surface area contributed by atoms with E-state index in [2.05, 4.69) is 0 Å². The van der Waals surface area contributed by atoms with Gasteiger partial charge in [-0.3, -0.25) is 0 Å². The molecule has 10 nitrogen and oxygen atoms in total. The van der Waals surface area contributed by atoms with Crippen LogP contribution in [0.25, 0.3) is 0 Å². The zero-order chi connectivity index (χ0) is 25.1. The fourth-order valence-corrected chi connectivity index (χ4v) is 3.00. The maximum Gasteiger partial charge on any atom is 0.338 e. The number of benzene rings is 2. The van der Waals surface area contributed by atoms with Crippen LogP contribution in [0, 0.1) is 0 Å². The van der Waals surface area contributed by atoms with Crippen LogP contribution < -0.4 is 9.47 Å². The number of rotatable bonds is 13. The van der Waals surface area contributed by atoms with Crippen molar-refractivity contribution in [1.82, 2.24) is 0 Å². The molecular weight excluding hydrogens is 448 g/mol. The predicted octanol–water partition coefficient (Wildman–Crippen LogP) is 2.71. The third kappa shape index (κ3) is 7.26. The van der Waals surface area contributed by atoms with Gasteiger partial charge in [-0.25, -0.2) is 9.59 Å². The zero-order valence-electron chi connectivity index (χ0n) is 19.6. The molecule has 0 spiro atoms. The van der Waals surface area contributed by atoms with Crippen LogP contribution in [-0.4, -0.2) is 61.8 Å². The highest BCUT2D eigenvalue weighted by molar-refractivity contribution is 5.85. The van der Waals surface area contributed by atoms with Crippen LogP contribution in [0.15, 0.2) is 36.4 Å². The highest BCUT2D eigenvalue weighted by Gasteiger charge is 2.38. The summed E-state index contributed by atoms with van der Waals surface area (Å²) in [5.41, 5.74) is 1.16. The number of hydrogen-bond acceptors (Lipinski definition) is 10. The maximum atomic E-state index is 12.7. The first-order valence-corrected chi connectivity index (χ1v) is 10.6. The third-order valence-corrected chi connectivity index (χ3v) is 4.66. The molecule has 2 aromatic carbocycles. The van der Waals surface area contributed by atoms with Crippen molar-refractivity contribution in [3.8, 4) is 23.0 Å². The first-order valence-electron chi connectivity index (χ1n) is 10.6. The van der Waals surface area contributed by atoms with E-state index < -0.39 is 24.1 Å². The van der Waals surface area contributed by atoms with E-state index in [-0.39, 0.29) is 49.4 Å². The topological polar surface area (TPSA) is 130 Å². The van der Waals surface area contributed by atoms with Gasteiger partial charge in [0.15, 0.2) is 35.2 Å². The molecule has 0 fully saturated rings. The highest BCUT2D eigenvalue weighted by Crippen LogP contribution is 2.28. The Balaban J connectivity index is 2.26. The summed E-state index contributed by atoms with van der Waals surface area (Å²) in [4.78, 5) is 25.4. The molecule has 2 N–H and O–H groups in total. The summed E-state index contributed by atoms with van der Waals surface area (Å²) < 4.78 is 31.9. The Morgan fingerprint density at radius 3 is 1.44 bits per heavy atom. The molecule has 2 aromatic rings. The van der Waals surface area contributed by atoms with Gasteiger partial charge >= 0.3 is 11.9 Å². The summed E-state index contributed by atoms with van der Waals surface area (Å²) in [5.74, 6) is -1.24. The SMILES string of the molecule is CCOC(=O)[C@@H](OCc1ccc(O)c(OC)c1)[C@H](OCc1ccc(O)c(OC)c1)C(=O)OCC. The standard InChI is InChI=1S/C24H30O10/c1-5-31-23(27)21(33-13-15-7-9-17(25)19(11-15)29-3)22(24(28)32-6-2)34-14-16-8-10-18(26)20(12-16)30-4/h7-12,21-22,25-26H,5-6,13-14H2,1-4H3/t21-,22-/m0/s1. The van der Waals surface area contributed by atoms with Crippen molar-refractivity contribution in [2.45, 2.75) is 39.3 Å². The molecule has 0 aliphatic heterocycles. The minimum atomic E-state index is -1.43. The Morgan fingerprint density at radius 1 is 0.735 bits per heavy atom. The number of phenols is 2. The second kappa shape index (κ2) is 13.3. The van der Waals surface area contributed by atoms with Crippen molar-refractivity contribution in [2.75, 3.05) is 27.4 Å². The quantitative estimate of drug-likeness (QED) is 0.414. The number of hydrogen-bond donors (Lipinski definition) is 2. The number of methoxy groups -OCH3 is 2. The van der Waals surface area contributed by atoms with Gasteiger partial charge in [-0.15, -0.1) is 0 Å². The molecule has 0 aliphatic rings. The first-order chi connectivity index (χ1) is 16.3. The molecule has 0 bridgehead atoms. The second-order valence-corrected chi connectivity index (χ2v) is 6.98. The van der Waals surface area contributed by atoms with E-state index in [0.717, 1.165) is 0 Å². The van der Waals surface area contributed by atoms with Crippen LogP contribution in [-0.2, 0) is 41.8 Å². The molecular formula is C24H30O10. The van der Waals surface area contributed by atoms with Gasteiger partial charge in [-0.1, -0.05) is 12.1 Å². The molecule has 2 atom stereocenters. The lowest BCUT2D eigenvalue weighted by Crippen LogP contribution is -2.45. The van der Waals surface area contributed by atoms with Crippen LogP contribution in [0.3, 0.4) is 0 Å². The summed E-state index contributed by atoms with van der Waals surface area (Å²) in [6, 6.07) is 9.11. The van der Waals surface area contributed by atoms with Gasteiger partial charge in [-0.2, -0.15) is 0 Å². The van der Waals surface area contributed by atoms with Crippen LogP contribution in [0.2, 0.25) is 0 Å². The molecule has 10 heteroatoms. The molecule has 0 saturated carbocycles. The third-order valence-electron chi connectivity index (χ3n) is 4.66. The zero-order valence-corrected chi connectivity index (χ0v) is 19.6. The van der Waals surface area contributed by atoms with E-state index in [9.17, 15) is 19.8 Å². The second-order valence-electron chi connectivity index (χ2n) is 6.98. The Bertz CT molecular complexity index is 881. The summed E-state index contributed by atoms with van der Waals surface area (Å²) in [7, 11) is 2.81. The number of ether oxygens (including phenoxy) is 6. The highest BCUT2D eigenvalue weighted by atomic mass is 16.6. The molecule has 0 amide bonds. The lowest BCUT2D eigenvalue weighted by molar-refractivity contribution is -0.185. The summed E-state index contributed by atoms with van der Waals surface area (Å²) >= 11 is 0. The summed E-state index contributed by atoms with van der Waals surface area (Å²) in [6.45, 7) is 3.18. The van der Waals surface area contributed by atoms with Crippen molar-refractivity contribution in [2.24, 2.45) is 0 Å². The van der Waals surface area contributed by atoms with E-state index in [4.69, 9.17) is 28.4 Å². The first kappa shape index (κ1) is 26.7. The van der Waals surface area contributed by atoms with Gasteiger partial charge < -0.3 is 38.6 Å². The van der Waals surface area contributed by atoms with E-state index in [1.165, 1.54) is 26.4 Å². The summed E-state index contributed by atoms with van der Waals surface area (Å²) in [6.07, 6.45) is -2.87. The lowest BCUT2D eigenvalue weighted by atomic mass is 10.1. The van der Waals surface area contributed by atoms with E-state index in [0.29, 0.717) is 11.1 Å². The minimum absolute atomic E-state index is 0.0507. The number of phenolic OH excluding ortho intramolecular Hbond substituents is 2. The molecule has 0 aromatic heterocycles. The van der Waals surface area contributed by atoms with Crippen LogP contribution in [0.4, 0.5) is 0 Å². The van der Waals surface area contributed by atoms with E-state index in [1.54, 1.807) is 38.1 Å². The van der Waals surface area contributed by atoms with Crippen molar-refractivity contribution < 1.29 is 48.2 Å². The Hall–Kier alpha value is -3.50. The number of esters is 2. The van der Waals surface area contributed by atoms with Crippen LogP contribution in [0.1, 0.15) is 25.0 Å². The minimum Gasteiger partial charge on any atom is -0.504 e. The number of carbonyl (C=O) groups is 2. The molecule has 34 heavy (non-hydrogen) atoms. The van der Waals surface area contributed by atoms with Gasteiger partial charge in [0, 0.05) is 0 Å². The van der Waals surface area contributed by atoms with Crippen molar-refractivity contribution >= 4 is 11.9 Å². The molecule has 0 unspecified atom stereocenters. The average molecular weight is 478 g/mol. The van der Waals surface area contributed by atoms with Gasteiger partial charge in [0.1, 0.15) is 0 Å². The number of aromatic hydroxyl groups is 2. The fourth-order valence-electron chi connectivity index (χ4n) is 3.00. The maximum absolute atomic E-state index is 12.7. The smallest absolute Gasteiger partial charge is 0.338 e. The van der Waals surface area contributed by atoms with E-state index in [1.807, 2.05) is 0 Å². The Labute approximate surface area is 197 Å². The number of carbonyl (C=O) groups excluding carboxylic acids is 2. The largest absolute Gasteiger partial charge is 0.504 e. The molecule has 0 heterocycles. The van der Waals surface area contributed by atoms with Crippen molar-refractivity contribution in [3.63, 3.8) is 0 Å². The molecule has 2 rings (SSSR count). The normalized spacial score (nSPS) is 12.5. The van der Waals surface area contributed by atoms with Crippen LogP contribution in [0.5, 0.6) is 23.0 Å². The molecule has 0 saturated heterocycles. The van der Waals surface area contributed by atoms with Gasteiger partial charge in [-0.05, 0) is 49.2 Å². The lowest BCUT2D eigenvalue weighted by Gasteiger charge is -2.25.